The topological polar surface area (TPSA) is 49.3 Å². The van der Waals surface area contributed by atoms with E-state index in [1.165, 1.54) is 0 Å². The molecule has 0 fully saturated rings. The monoisotopic (exact) mass is 227 g/mol. The second-order valence-corrected chi connectivity index (χ2v) is 3.79. The van der Waals surface area contributed by atoms with Crippen LogP contribution in [-0.4, -0.2) is 21.5 Å². The molecule has 0 spiro atoms. The largest absolute Gasteiger partial charge is 0.465 e. The Kier molecular flexibility index (Phi) is 6.69. The lowest BCUT2D eigenvalue weighted by molar-refractivity contribution is 0.194. The zero-order valence-corrected chi connectivity index (χ0v) is 7.69. The number of carbonyl (C=O) groups is 1. The van der Waals surface area contributed by atoms with Crippen LogP contribution in [0.15, 0.2) is 0 Å². The Balaban J connectivity index is 0. The lowest BCUT2D eigenvalue weighted by Crippen LogP contribution is -2.30. The summed E-state index contributed by atoms with van der Waals surface area (Å²) in [5, 5.41) is 9.90. The number of carboxylic acid groups (broad SMARTS) is 1. The van der Waals surface area contributed by atoms with E-state index in [2.05, 4.69) is 0 Å². The Bertz CT molecular complexity index is 112. The van der Waals surface area contributed by atoms with E-state index >= 15 is 0 Å². The van der Waals surface area contributed by atoms with E-state index in [0.717, 1.165) is 0 Å². The van der Waals surface area contributed by atoms with E-state index in [0.29, 0.717) is 0 Å². The molecular formula is C3H5Cl4NO2. The predicted molar refractivity (Wildman–Crippen MR) is 43.6 cm³/mol. The van der Waals surface area contributed by atoms with Gasteiger partial charge in [0.25, 0.3) is 0 Å². The van der Waals surface area contributed by atoms with Gasteiger partial charge in [0.1, 0.15) is 0 Å². The molecule has 0 atom stereocenters. The minimum atomic E-state index is -1.54. The van der Waals surface area contributed by atoms with Crippen molar-refractivity contribution in [3.8, 4) is 0 Å². The van der Waals surface area contributed by atoms with E-state index < -0.39 is 9.89 Å². The summed E-state index contributed by atoms with van der Waals surface area (Å²) in [7, 11) is 0. The van der Waals surface area contributed by atoms with Crippen LogP contribution in [-0.2, 0) is 0 Å². The first-order valence-corrected chi connectivity index (χ1v) is 3.09. The molecule has 0 aromatic heterocycles. The third-order valence-electron chi connectivity index (χ3n) is 0.440. The molecule has 0 rings (SSSR count). The van der Waals surface area contributed by atoms with E-state index in [-0.39, 0.29) is 19.0 Å². The minimum Gasteiger partial charge on any atom is -0.465 e. The summed E-state index contributed by atoms with van der Waals surface area (Å²) in [5.74, 6) is 0. The number of amides is 1. The van der Waals surface area contributed by atoms with Crippen LogP contribution in [0.5, 0.6) is 0 Å². The Morgan fingerprint density at radius 2 is 1.90 bits per heavy atom. The molecule has 0 saturated carbocycles. The molecule has 0 bridgehead atoms. The highest BCUT2D eigenvalue weighted by molar-refractivity contribution is 6.67. The van der Waals surface area contributed by atoms with E-state index in [1.807, 2.05) is 5.32 Å². The molecule has 0 heterocycles. The Labute approximate surface area is 79.0 Å². The van der Waals surface area contributed by atoms with Gasteiger partial charge in [-0.1, -0.05) is 34.8 Å². The predicted octanol–water partition coefficient (Wildman–Crippen LogP) is 2.05. The number of hydrogen-bond donors (Lipinski definition) is 2. The quantitative estimate of drug-likeness (QED) is 0.675. The van der Waals surface area contributed by atoms with Crippen LogP contribution >= 0.6 is 47.2 Å². The average molecular weight is 229 g/mol. The average Bonchev–Trinajstić information content (AvgIpc) is 1.59. The molecule has 7 heteroatoms. The van der Waals surface area contributed by atoms with Crippen LogP contribution in [0.3, 0.4) is 0 Å². The molecule has 10 heavy (non-hydrogen) atoms. The van der Waals surface area contributed by atoms with Gasteiger partial charge in [0.15, 0.2) is 0 Å². The zero-order chi connectivity index (χ0) is 7.49. The van der Waals surface area contributed by atoms with Crippen molar-refractivity contribution in [1.82, 2.24) is 5.32 Å². The highest BCUT2D eigenvalue weighted by atomic mass is 35.6. The van der Waals surface area contributed by atoms with Gasteiger partial charge in [-0.05, 0) is 0 Å². The molecule has 0 aliphatic heterocycles. The standard InChI is InChI=1S/C3H4Cl3NO2.ClH/c4-3(5,6)1-7-2(8)9;/h7H,1H2,(H,8,9);1H. The minimum absolute atomic E-state index is 0. The van der Waals surface area contributed by atoms with E-state index in [9.17, 15) is 4.79 Å². The normalized spacial score (nSPS) is 9.90. The van der Waals surface area contributed by atoms with Gasteiger partial charge in [-0.2, -0.15) is 0 Å². The maximum atomic E-state index is 9.76. The van der Waals surface area contributed by atoms with Gasteiger partial charge >= 0.3 is 6.09 Å². The van der Waals surface area contributed by atoms with Crippen LogP contribution in [0.25, 0.3) is 0 Å². The highest BCUT2D eigenvalue weighted by Crippen LogP contribution is 2.24. The number of hydrogen-bond acceptors (Lipinski definition) is 1. The smallest absolute Gasteiger partial charge is 0.404 e. The second-order valence-electron chi connectivity index (χ2n) is 1.27. The fourth-order valence-electron chi connectivity index (χ4n) is 0.176. The number of halogens is 4. The van der Waals surface area contributed by atoms with Crippen molar-refractivity contribution in [2.45, 2.75) is 3.79 Å². The summed E-state index contributed by atoms with van der Waals surface area (Å²) in [5.41, 5.74) is 0. The van der Waals surface area contributed by atoms with Crippen LogP contribution in [0, 0.1) is 0 Å². The summed E-state index contributed by atoms with van der Waals surface area (Å²) >= 11 is 15.5. The van der Waals surface area contributed by atoms with Crippen molar-refractivity contribution in [3.05, 3.63) is 0 Å². The first-order valence-electron chi connectivity index (χ1n) is 1.95. The van der Waals surface area contributed by atoms with Gasteiger partial charge < -0.3 is 10.4 Å². The lowest BCUT2D eigenvalue weighted by atomic mass is 10.7. The molecule has 0 radical (unpaired) electrons. The van der Waals surface area contributed by atoms with Crippen molar-refractivity contribution in [1.29, 1.82) is 0 Å². The van der Waals surface area contributed by atoms with Gasteiger partial charge in [0.2, 0.25) is 3.79 Å². The van der Waals surface area contributed by atoms with Crippen molar-refractivity contribution in [3.63, 3.8) is 0 Å². The molecule has 0 aromatic rings. The molecule has 0 aliphatic rings. The lowest BCUT2D eigenvalue weighted by Gasteiger charge is -2.08. The number of rotatable bonds is 1. The van der Waals surface area contributed by atoms with Crippen molar-refractivity contribution < 1.29 is 9.90 Å². The highest BCUT2D eigenvalue weighted by Gasteiger charge is 2.19. The fourth-order valence-corrected chi connectivity index (χ4v) is 0.376. The van der Waals surface area contributed by atoms with E-state index in [1.54, 1.807) is 0 Å². The van der Waals surface area contributed by atoms with Crippen LogP contribution in [0.2, 0.25) is 0 Å². The Hall–Kier alpha value is 0.430. The maximum Gasteiger partial charge on any atom is 0.404 e. The molecule has 1 amide bonds. The van der Waals surface area contributed by atoms with Gasteiger partial charge in [-0.3, -0.25) is 0 Å². The first-order chi connectivity index (χ1) is 3.92. The van der Waals surface area contributed by atoms with Crippen molar-refractivity contribution >= 4 is 53.3 Å². The maximum absolute atomic E-state index is 9.76. The third-order valence-corrected chi connectivity index (χ3v) is 0.841. The van der Waals surface area contributed by atoms with Gasteiger partial charge in [-0.15, -0.1) is 12.4 Å². The molecule has 2 N–H and O–H groups in total. The summed E-state index contributed by atoms with van der Waals surface area (Å²) in [6.45, 7) is -0.201. The Morgan fingerprint density at radius 3 is 2.00 bits per heavy atom. The Morgan fingerprint density at radius 1 is 1.50 bits per heavy atom. The third kappa shape index (κ3) is 11.3. The molecule has 3 nitrogen and oxygen atoms in total. The number of alkyl halides is 3. The van der Waals surface area contributed by atoms with Crippen molar-refractivity contribution in [2.75, 3.05) is 6.54 Å². The number of nitrogens with one attached hydrogen (secondary N) is 1. The molecule has 0 unspecified atom stereocenters. The zero-order valence-electron chi connectivity index (χ0n) is 4.60. The summed E-state index contributed by atoms with van der Waals surface area (Å²) in [4.78, 5) is 9.76. The molecular weight excluding hydrogens is 224 g/mol. The SMILES string of the molecule is Cl.O=C(O)NCC(Cl)(Cl)Cl. The molecule has 0 aromatic carbocycles. The van der Waals surface area contributed by atoms with Gasteiger partial charge in [0.05, 0.1) is 6.54 Å². The van der Waals surface area contributed by atoms with Gasteiger partial charge in [-0.25, -0.2) is 4.79 Å². The summed E-state index contributed by atoms with van der Waals surface area (Å²) < 4.78 is -1.54. The molecule has 0 saturated heterocycles. The summed E-state index contributed by atoms with van der Waals surface area (Å²) in [6, 6.07) is 0. The first kappa shape index (κ1) is 13.1. The van der Waals surface area contributed by atoms with Crippen LogP contribution in [0.1, 0.15) is 0 Å². The summed E-state index contributed by atoms with van der Waals surface area (Å²) in [6.07, 6.45) is -1.21. The van der Waals surface area contributed by atoms with Crippen molar-refractivity contribution in [2.24, 2.45) is 0 Å². The molecule has 0 aliphatic carbocycles. The second kappa shape index (κ2) is 5.13. The molecule has 62 valence electrons. The van der Waals surface area contributed by atoms with Gasteiger partial charge in [0, 0.05) is 0 Å². The van der Waals surface area contributed by atoms with Crippen LogP contribution in [0.4, 0.5) is 4.79 Å². The van der Waals surface area contributed by atoms with Crippen LogP contribution < -0.4 is 5.32 Å². The fraction of sp³-hybridized carbons (Fsp3) is 0.667. The van der Waals surface area contributed by atoms with E-state index in [4.69, 9.17) is 39.9 Å².